The van der Waals surface area contributed by atoms with Gasteiger partial charge >= 0.3 is 0 Å². The Morgan fingerprint density at radius 2 is 2.00 bits per heavy atom. The summed E-state index contributed by atoms with van der Waals surface area (Å²) in [7, 11) is -4.11. The molecular formula is C23H26F2N8O3S2. The Hall–Kier alpha value is -3.22. The van der Waals surface area contributed by atoms with Gasteiger partial charge in [-0.3, -0.25) is 9.36 Å². The van der Waals surface area contributed by atoms with Gasteiger partial charge in [-0.2, -0.15) is 9.98 Å². The Kier molecular flexibility index (Phi) is 6.60. The maximum Gasteiger partial charge on any atom is 0.291 e. The first-order valence-electron chi connectivity index (χ1n) is 12.1. The van der Waals surface area contributed by atoms with Gasteiger partial charge in [-0.25, -0.2) is 22.2 Å². The van der Waals surface area contributed by atoms with Crippen molar-refractivity contribution in [2.75, 3.05) is 24.5 Å². The summed E-state index contributed by atoms with van der Waals surface area (Å²) in [5.74, 6) is -0.102. The smallest absolute Gasteiger partial charge is 0.291 e. The van der Waals surface area contributed by atoms with Crippen LogP contribution in [0.3, 0.4) is 0 Å². The fraction of sp³-hybridized carbons (Fsp3) is 0.522. The van der Waals surface area contributed by atoms with E-state index in [2.05, 4.69) is 19.9 Å². The number of hydrogen-bond donors (Lipinski definition) is 1. The van der Waals surface area contributed by atoms with Gasteiger partial charge in [0.15, 0.2) is 5.01 Å². The number of carbonyl (C=O) groups is 1. The number of nitrogens with zero attached hydrogens (tertiary/aromatic N) is 7. The number of fused-ring (bicyclic) bond motifs is 1. The number of rotatable bonds is 7. The molecule has 1 aromatic carbocycles. The van der Waals surface area contributed by atoms with Gasteiger partial charge in [0, 0.05) is 31.6 Å². The zero-order chi connectivity index (χ0) is 27.4. The first kappa shape index (κ1) is 26.4. The van der Waals surface area contributed by atoms with Crippen molar-refractivity contribution in [3.05, 3.63) is 23.5 Å². The van der Waals surface area contributed by atoms with Gasteiger partial charge in [0.25, 0.3) is 6.43 Å². The lowest BCUT2D eigenvalue weighted by molar-refractivity contribution is -0.136. The van der Waals surface area contributed by atoms with Gasteiger partial charge in [0.2, 0.25) is 21.1 Å². The maximum absolute atomic E-state index is 13.4. The average Bonchev–Trinajstić information content (AvgIpc) is 3.26. The highest BCUT2D eigenvalue weighted by Crippen LogP contribution is 2.38. The quantitative estimate of drug-likeness (QED) is 0.463. The molecule has 1 N–H and O–H groups in total. The number of imidazole rings is 1. The number of carbonyl (C=O) groups excluding carboxylic acids is 1. The minimum absolute atomic E-state index is 0.0458. The summed E-state index contributed by atoms with van der Waals surface area (Å²) >= 11 is 0.683. The number of aromatic nitrogens is 4. The lowest BCUT2D eigenvalue weighted by atomic mass is 10.1. The van der Waals surface area contributed by atoms with Crippen LogP contribution in [0.1, 0.15) is 45.0 Å². The summed E-state index contributed by atoms with van der Waals surface area (Å²) in [6, 6.07) is 4.79. The fourth-order valence-electron chi connectivity index (χ4n) is 4.55. The molecule has 1 aliphatic carbocycles. The number of piperazine rings is 1. The van der Waals surface area contributed by atoms with Crippen molar-refractivity contribution >= 4 is 44.0 Å². The minimum atomic E-state index is -4.11. The van der Waals surface area contributed by atoms with Crippen LogP contribution in [-0.4, -0.2) is 70.2 Å². The van der Waals surface area contributed by atoms with Crippen molar-refractivity contribution in [3.8, 4) is 11.2 Å². The molecule has 5 rings (SSSR count). The molecule has 3 heterocycles. The number of nitriles is 1. The normalized spacial score (nSPS) is 19.4. The summed E-state index contributed by atoms with van der Waals surface area (Å²) in [4.78, 5) is 20.8. The molecule has 1 atom stereocenters. The Morgan fingerprint density at radius 3 is 2.58 bits per heavy atom. The molecule has 1 saturated carbocycles. The highest BCUT2D eigenvalue weighted by Gasteiger charge is 2.47. The predicted molar refractivity (Wildman–Crippen MR) is 136 cm³/mol. The number of anilines is 1. The summed E-state index contributed by atoms with van der Waals surface area (Å²) < 4.78 is 57.0. The molecule has 0 spiro atoms. The van der Waals surface area contributed by atoms with Crippen LogP contribution in [0.5, 0.6) is 0 Å². The molecule has 2 aromatic heterocycles. The van der Waals surface area contributed by atoms with Gasteiger partial charge in [-0.15, -0.1) is 10.2 Å². The first-order valence-corrected chi connectivity index (χ1v) is 14.4. The zero-order valence-corrected chi connectivity index (χ0v) is 22.6. The van der Waals surface area contributed by atoms with Crippen molar-refractivity contribution in [1.82, 2.24) is 29.4 Å². The van der Waals surface area contributed by atoms with Crippen molar-refractivity contribution in [2.45, 2.75) is 56.5 Å². The van der Waals surface area contributed by atoms with Crippen LogP contribution in [0.15, 0.2) is 23.4 Å². The molecule has 1 saturated heterocycles. The highest BCUT2D eigenvalue weighted by atomic mass is 32.2. The van der Waals surface area contributed by atoms with Crippen LogP contribution in [0.4, 0.5) is 14.5 Å². The Labute approximate surface area is 222 Å². The largest absolute Gasteiger partial charge is 0.366 e. The van der Waals surface area contributed by atoms with Crippen LogP contribution >= 0.6 is 11.3 Å². The average molecular weight is 565 g/mol. The second kappa shape index (κ2) is 9.51. The number of hydrogen-bond acceptors (Lipinski definition) is 9. The van der Waals surface area contributed by atoms with Gasteiger partial charge in [-0.05, 0) is 31.9 Å². The number of nitrogens with one attached hydrogen (secondary N) is 1. The van der Waals surface area contributed by atoms with Crippen molar-refractivity contribution in [2.24, 2.45) is 5.92 Å². The monoisotopic (exact) mass is 564 g/mol. The second-order valence-corrected chi connectivity index (χ2v) is 12.6. The topological polar surface area (TPSA) is 137 Å². The SMILES string of the molecule is CC(C)C(=O)N1CCN(c2cc(S(=O)(=O)NC3(C#N)CC3)cc3c2ncn3-c2nnc(C(F)F)s2)C[C@H]1C. The molecule has 2 fully saturated rings. The number of halogens is 2. The molecule has 0 bridgehead atoms. The Morgan fingerprint density at radius 1 is 1.26 bits per heavy atom. The third-order valence-corrected chi connectivity index (χ3v) is 9.22. The summed E-state index contributed by atoms with van der Waals surface area (Å²) in [6.45, 7) is 6.95. The second-order valence-electron chi connectivity index (χ2n) is 9.93. The molecule has 0 unspecified atom stereocenters. The van der Waals surface area contributed by atoms with Crippen LogP contribution in [0.25, 0.3) is 16.2 Å². The van der Waals surface area contributed by atoms with E-state index in [1.807, 2.05) is 36.6 Å². The molecular weight excluding hydrogens is 538 g/mol. The molecule has 15 heteroatoms. The van der Waals surface area contributed by atoms with E-state index in [-0.39, 0.29) is 27.9 Å². The molecule has 1 amide bonds. The highest BCUT2D eigenvalue weighted by molar-refractivity contribution is 7.89. The minimum Gasteiger partial charge on any atom is -0.366 e. The van der Waals surface area contributed by atoms with Crippen LogP contribution in [-0.2, 0) is 14.8 Å². The Bertz CT molecular complexity index is 1540. The van der Waals surface area contributed by atoms with E-state index < -0.39 is 27.0 Å². The van der Waals surface area contributed by atoms with E-state index in [0.29, 0.717) is 60.5 Å². The van der Waals surface area contributed by atoms with E-state index >= 15 is 0 Å². The lowest BCUT2D eigenvalue weighted by Gasteiger charge is -2.41. The van der Waals surface area contributed by atoms with Crippen molar-refractivity contribution in [3.63, 3.8) is 0 Å². The summed E-state index contributed by atoms with van der Waals surface area (Å²) in [5, 5.41) is 16.5. The van der Waals surface area contributed by atoms with E-state index in [4.69, 9.17) is 0 Å². The van der Waals surface area contributed by atoms with Crippen LogP contribution in [0.2, 0.25) is 0 Å². The standard InChI is InChI=1S/C23H26F2N8O3S2/c1-13(2)21(34)32-7-6-31(10-14(32)3)16-8-15(38(35,36)30-23(11-26)4-5-23)9-17-18(16)27-12-33(17)22-29-28-20(37-22)19(24)25/h8-9,12-14,19,30H,4-7,10H2,1-3H3/t14-/m1/s1. The summed E-state index contributed by atoms with van der Waals surface area (Å²) in [5.41, 5.74) is 0.187. The third-order valence-electron chi connectivity index (χ3n) is 6.78. The summed E-state index contributed by atoms with van der Waals surface area (Å²) in [6.07, 6.45) is -0.563. The van der Waals surface area contributed by atoms with E-state index in [1.54, 1.807) is 0 Å². The van der Waals surface area contributed by atoms with E-state index in [1.165, 1.54) is 23.0 Å². The van der Waals surface area contributed by atoms with Crippen LogP contribution in [0, 0.1) is 17.2 Å². The molecule has 11 nitrogen and oxygen atoms in total. The van der Waals surface area contributed by atoms with Gasteiger partial charge in [-0.1, -0.05) is 25.2 Å². The fourth-order valence-corrected chi connectivity index (χ4v) is 6.65. The predicted octanol–water partition coefficient (Wildman–Crippen LogP) is 2.84. The zero-order valence-electron chi connectivity index (χ0n) is 20.9. The number of sulfonamides is 1. The van der Waals surface area contributed by atoms with Crippen molar-refractivity contribution in [1.29, 1.82) is 5.26 Å². The van der Waals surface area contributed by atoms with Gasteiger partial charge in [0.05, 0.1) is 22.2 Å². The number of benzene rings is 1. The Balaban J connectivity index is 1.60. The number of amides is 1. The molecule has 0 radical (unpaired) electrons. The molecule has 2 aliphatic rings. The first-order chi connectivity index (χ1) is 17.9. The third kappa shape index (κ3) is 4.72. The molecule has 1 aliphatic heterocycles. The van der Waals surface area contributed by atoms with E-state index in [9.17, 15) is 27.3 Å². The van der Waals surface area contributed by atoms with Gasteiger partial charge in [0.1, 0.15) is 17.4 Å². The molecule has 3 aromatic rings. The van der Waals surface area contributed by atoms with Gasteiger partial charge < -0.3 is 9.80 Å². The maximum atomic E-state index is 13.4. The van der Waals surface area contributed by atoms with Crippen molar-refractivity contribution < 1.29 is 22.0 Å². The van der Waals surface area contributed by atoms with E-state index in [0.717, 1.165) is 0 Å². The van der Waals surface area contributed by atoms with Crippen LogP contribution < -0.4 is 9.62 Å². The molecule has 202 valence electrons. The number of alkyl halides is 2. The molecule has 38 heavy (non-hydrogen) atoms. The lowest BCUT2D eigenvalue weighted by Crippen LogP contribution is -2.55.